The highest BCUT2D eigenvalue weighted by Crippen LogP contribution is 2.28. The number of aryl methyl sites for hydroxylation is 1. The zero-order valence-electron chi connectivity index (χ0n) is 17.4. The Kier molecular flexibility index (Phi) is 6.51. The molecule has 2 amide bonds. The van der Waals surface area contributed by atoms with Gasteiger partial charge in [-0.25, -0.2) is 4.39 Å². The lowest BCUT2D eigenvalue weighted by Crippen LogP contribution is -2.61. The van der Waals surface area contributed by atoms with Crippen molar-refractivity contribution >= 4 is 11.8 Å². The average molecular weight is 426 g/mol. The van der Waals surface area contributed by atoms with E-state index < -0.39 is 11.4 Å². The molecule has 6 nitrogen and oxygen atoms in total. The van der Waals surface area contributed by atoms with Gasteiger partial charge >= 0.3 is 0 Å². The number of fused-ring (bicyclic) bond motifs is 1. The maximum Gasteiger partial charge on any atom is 0.254 e. The minimum absolute atomic E-state index is 0.173. The zero-order valence-corrected chi connectivity index (χ0v) is 17.4. The summed E-state index contributed by atoms with van der Waals surface area (Å²) in [5.74, 6) is 0.0231. The number of carbonyl (C=O) groups excluding carboxylic acids is 2. The summed E-state index contributed by atoms with van der Waals surface area (Å²) in [7, 11) is 0. The Morgan fingerprint density at radius 1 is 1.06 bits per heavy atom. The van der Waals surface area contributed by atoms with E-state index in [0.29, 0.717) is 31.7 Å². The van der Waals surface area contributed by atoms with E-state index in [0.717, 1.165) is 30.6 Å². The van der Waals surface area contributed by atoms with Crippen molar-refractivity contribution in [1.29, 1.82) is 0 Å². The van der Waals surface area contributed by atoms with Crippen molar-refractivity contribution in [3.05, 3.63) is 65.5 Å². The second-order valence-corrected chi connectivity index (χ2v) is 8.00. The van der Waals surface area contributed by atoms with E-state index >= 15 is 0 Å². The number of nitrogens with one attached hydrogen (secondary N) is 1. The van der Waals surface area contributed by atoms with Crippen molar-refractivity contribution in [2.24, 2.45) is 0 Å². The van der Waals surface area contributed by atoms with Crippen molar-refractivity contribution in [3.8, 4) is 5.75 Å². The minimum Gasteiger partial charge on any atom is -0.491 e. The molecule has 0 saturated carbocycles. The highest BCUT2D eigenvalue weighted by molar-refractivity contribution is 5.95. The van der Waals surface area contributed by atoms with Crippen LogP contribution >= 0.6 is 0 Å². The lowest BCUT2D eigenvalue weighted by atomic mass is 9.91. The molecule has 1 unspecified atom stereocenters. The Hall–Kier alpha value is -2.93. The first kappa shape index (κ1) is 21.3. The van der Waals surface area contributed by atoms with Gasteiger partial charge in [0, 0.05) is 12.1 Å². The molecule has 0 radical (unpaired) electrons. The van der Waals surface area contributed by atoms with Crippen LogP contribution in [0.25, 0.3) is 0 Å². The van der Waals surface area contributed by atoms with Crippen LogP contribution in [0.15, 0.2) is 48.5 Å². The number of ether oxygens (including phenoxy) is 2. The Bertz CT molecular complexity index is 933. The molecule has 0 bridgehead atoms. The van der Waals surface area contributed by atoms with Gasteiger partial charge in [-0.1, -0.05) is 18.2 Å². The van der Waals surface area contributed by atoms with E-state index in [-0.39, 0.29) is 25.0 Å². The van der Waals surface area contributed by atoms with E-state index in [9.17, 15) is 14.0 Å². The quantitative estimate of drug-likeness (QED) is 0.761. The van der Waals surface area contributed by atoms with Gasteiger partial charge in [-0.15, -0.1) is 0 Å². The topological polar surface area (TPSA) is 67.9 Å². The monoisotopic (exact) mass is 426 g/mol. The Morgan fingerprint density at radius 3 is 2.71 bits per heavy atom. The average Bonchev–Trinajstić information content (AvgIpc) is 2.79. The van der Waals surface area contributed by atoms with Crippen molar-refractivity contribution in [2.45, 2.75) is 31.3 Å². The maximum atomic E-state index is 13.2. The van der Waals surface area contributed by atoms with Crippen molar-refractivity contribution in [2.75, 3.05) is 32.8 Å². The third kappa shape index (κ3) is 4.88. The van der Waals surface area contributed by atoms with Crippen LogP contribution in [0, 0.1) is 5.82 Å². The van der Waals surface area contributed by atoms with Gasteiger partial charge in [-0.3, -0.25) is 9.59 Å². The number of morpholine rings is 1. The first-order chi connectivity index (χ1) is 15.1. The molecule has 0 aliphatic carbocycles. The lowest BCUT2D eigenvalue weighted by molar-refractivity contribution is -0.159. The van der Waals surface area contributed by atoms with Crippen molar-refractivity contribution in [3.63, 3.8) is 0 Å². The molecule has 2 heterocycles. The van der Waals surface area contributed by atoms with Crippen LogP contribution in [-0.4, -0.2) is 55.2 Å². The molecule has 2 aliphatic heterocycles. The SMILES string of the molecule is O=C(c1ccc(F)cc1)N1CCOC2(CCCCc3ccccc3OCCNC2=O)C1. The summed E-state index contributed by atoms with van der Waals surface area (Å²) < 4.78 is 25.1. The molecule has 164 valence electrons. The van der Waals surface area contributed by atoms with Gasteiger partial charge in [0.2, 0.25) is 0 Å². The Balaban J connectivity index is 1.49. The fourth-order valence-corrected chi connectivity index (χ4v) is 4.20. The predicted molar refractivity (Wildman–Crippen MR) is 113 cm³/mol. The number of nitrogens with zero attached hydrogens (tertiary/aromatic N) is 1. The molecule has 31 heavy (non-hydrogen) atoms. The van der Waals surface area contributed by atoms with Gasteiger partial charge in [-0.2, -0.15) is 0 Å². The Morgan fingerprint density at radius 2 is 1.87 bits per heavy atom. The number of benzene rings is 2. The van der Waals surface area contributed by atoms with E-state index in [2.05, 4.69) is 11.4 Å². The Labute approximate surface area is 181 Å². The van der Waals surface area contributed by atoms with Crippen LogP contribution in [0.1, 0.15) is 35.2 Å². The molecule has 2 aromatic rings. The minimum atomic E-state index is -1.09. The van der Waals surface area contributed by atoms with Crippen molar-refractivity contribution < 1.29 is 23.5 Å². The zero-order chi connectivity index (χ0) is 21.7. The summed E-state index contributed by atoms with van der Waals surface area (Å²) >= 11 is 0. The predicted octanol–water partition coefficient (Wildman–Crippen LogP) is 2.96. The fourth-order valence-electron chi connectivity index (χ4n) is 4.20. The molecular formula is C24H27FN2O4. The van der Waals surface area contributed by atoms with Gasteiger partial charge in [0.25, 0.3) is 11.8 Å². The van der Waals surface area contributed by atoms with E-state index in [1.165, 1.54) is 24.3 Å². The summed E-state index contributed by atoms with van der Waals surface area (Å²) in [6, 6.07) is 13.4. The number of amides is 2. The molecule has 1 saturated heterocycles. The number of carbonyl (C=O) groups is 2. The van der Waals surface area contributed by atoms with Crippen LogP contribution in [0.5, 0.6) is 5.75 Å². The number of para-hydroxylation sites is 1. The van der Waals surface area contributed by atoms with Crippen LogP contribution in [0.4, 0.5) is 4.39 Å². The molecule has 2 aromatic carbocycles. The molecule has 1 atom stereocenters. The van der Waals surface area contributed by atoms with Crippen LogP contribution < -0.4 is 10.1 Å². The third-order valence-corrected chi connectivity index (χ3v) is 5.87. The molecule has 1 N–H and O–H groups in total. The number of hydrogen-bond donors (Lipinski definition) is 1. The molecule has 1 fully saturated rings. The summed E-state index contributed by atoms with van der Waals surface area (Å²) in [6.07, 6.45) is 3.03. The lowest BCUT2D eigenvalue weighted by Gasteiger charge is -2.42. The summed E-state index contributed by atoms with van der Waals surface area (Å²) in [5, 5.41) is 2.92. The highest BCUT2D eigenvalue weighted by atomic mass is 19.1. The first-order valence-corrected chi connectivity index (χ1v) is 10.8. The second-order valence-electron chi connectivity index (χ2n) is 8.00. The normalized spacial score (nSPS) is 22.5. The van der Waals surface area contributed by atoms with Crippen LogP contribution in [0.3, 0.4) is 0 Å². The molecule has 1 spiro atoms. The first-order valence-electron chi connectivity index (χ1n) is 10.8. The molecule has 2 aliphatic rings. The van der Waals surface area contributed by atoms with Crippen LogP contribution in [-0.2, 0) is 16.0 Å². The van der Waals surface area contributed by atoms with Gasteiger partial charge < -0.3 is 19.7 Å². The molecule has 4 rings (SSSR count). The third-order valence-electron chi connectivity index (χ3n) is 5.87. The summed E-state index contributed by atoms with van der Waals surface area (Å²) in [4.78, 5) is 27.7. The molecular weight excluding hydrogens is 399 g/mol. The number of halogens is 1. The van der Waals surface area contributed by atoms with E-state index in [1.807, 2.05) is 18.2 Å². The van der Waals surface area contributed by atoms with Gasteiger partial charge in [0.15, 0.2) is 5.60 Å². The van der Waals surface area contributed by atoms with Gasteiger partial charge in [0.1, 0.15) is 18.2 Å². The van der Waals surface area contributed by atoms with E-state index in [1.54, 1.807) is 4.90 Å². The van der Waals surface area contributed by atoms with Crippen molar-refractivity contribution in [1.82, 2.24) is 10.2 Å². The van der Waals surface area contributed by atoms with E-state index in [4.69, 9.17) is 9.47 Å². The fraction of sp³-hybridized carbons (Fsp3) is 0.417. The maximum absolute atomic E-state index is 13.2. The second kappa shape index (κ2) is 9.47. The highest BCUT2D eigenvalue weighted by Gasteiger charge is 2.44. The smallest absolute Gasteiger partial charge is 0.254 e. The summed E-state index contributed by atoms with van der Waals surface area (Å²) in [5.41, 5.74) is 0.463. The van der Waals surface area contributed by atoms with Crippen LogP contribution in [0.2, 0.25) is 0 Å². The standard InChI is InChI=1S/C24H27FN2O4/c25-20-10-8-19(9-11-20)22(28)27-14-16-31-24(17-27)12-4-3-6-18-5-1-2-7-21(18)30-15-13-26-23(24)29/h1-2,5,7-11H,3-4,6,12-17H2,(H,26,29). The van der Waals surface area contributed by atoms with Gasteiger partial charge in [-0.05, 0) is 61.6 Å². The number of rotatable bonds is 1. The molecule has 0 aromatic heterocycles. The number of hydrogen-bond acceptors (Lipinski definition) is 4. The van der Waals surface area contributed by atoms with Gasteiger partial charge in [0.05, 0.1) is 19.7 Å². The molecule has 7 heteroatoms. The largest absolute Gasteiger partial charge is 0.491 e. The summed E-state index contributed by atoms with van der Waals surface area (Å²) in [6.45, 7) is 1.55.